The first-order chi connectivity index (χ1) is 13.5. The smallest absolute Gasteiger partial charge is 0.244 e. The maximum atomic E-state index is 12.0. The molecule has 144 valence electrons. The van der Waals surface area contributed by atoms with Crippen molar-refractivity contribution in [2.24, 2.45) is 0 Å². The minimum absolute atomic E-state index is 0.0671. The summed E-state index contributed by atoms with van der Waals surface area (Å²) in [6.45, 7) is 6.97. The lowest BCUT2D eigenvalue weighted by atomic mass is 10.0. The van der Waals surface area contributed by atoms with Crippen LogP contribution in [0.3, 0.4) is 0 Å². The summed E-state index contributed by atoms with van der Waals surface area (Å²) in [6.07, 6.45) is 4.25. The van der Waals surface area contributed by atoms with E-state index in [2.05, 4.69) is 65.9 Å². The van der Waals surface area contributed by atoms with Crippen molar-refractivity contribution >= 4 is 23.3 Å². The van der Waals surface area contributed by atoms with Crippen LogP contribution in [0.5, 0.6) is 0 Å². The van der Waals surface area contributed by atoms with Crippen molar-refractivity contribution in [1.29, 1.82) is 0 Å². The molecule has 2 aromatic carbocycles. The van der Waals surface area contributed by atoms with Crippen LogP contribution in [-0.2, 0) is 11.2 Å². The standard InChI is InChI=1S/C24H26N2OS/c1-17(2)21-9-4-19(5-10-21)8-13-24(27)25-15-14-20-6-11-22(12-7-20)23-16-28-18(3)26-23/h4-13,16-17H,14-15H2,1-3H3,(H,25,27)/b13-8+. The third-order valence-corrected chi connectivity index (χ3v) is 5.39. The molecule has 0 radical (unpaired) electrons. The highest BCUT2D eigenvalue weighted by atomic mass is 32.1. The van der Waals surface area contributed by atoms with Gasteiger partial charge in [0.1, 0.15) is 0 Å². The van der Waals surface area contributed by atoms with Crippen molar-refractivity contribution in [3.05, 3.63) is 81.7 Å². The predicted octanol–water partition coefficient (Wildman–Crippen LogP) is 5.61. The largest absolute Gasteiger partial charge is 0.352 e. The van der Waals surface area contributed by atoms with E-state index in [1.54, 1.807) is 17.4 Å². The van der Waals surface area contributed by atoms with E-state index in [0.717, 1.165) is 28.2 Å². The number of thiazole rings is 1. The van der Waals surface area contributed by atoms with Gasteiger partial charge in [-0.15, -0.1) is 11.3 Å². The summed E-state index contributed by atoms with van der Waals surface area (Å²) in [7, 11) is 0. The van der Waals surface area contributed by atoms with Crippen LogP contribution in [0.2, 0.25) is 0 Å². The Labute approximate surface area is 171 Å². The van der Waals surface area contributed by atoms with Crippen LogP contribution in [0.1, 0.15) is 41.5 Å². The van der Waals surface area contributed by atoms with Crippen LogP contribution in [0.4, 0.5) is 0 Å². The highest BCUT2D eigenvalue weighted by Crippen LogP contribution is 2.21. The van der Waals surface area contributed by atoms with E-state index >= 15 is 0 Å². The normalized spacial score (nSPS) is 11.3. The Morgan fingerprint density at radius 1 is 1.11 bits per heavy atom. The minimum Gasteiger partial charge on any atom is -0.352 e. The number of carbonyl (C=O) groups excluding carboxylic acids is 1. The molecular formula is C24H26N2OS. The number of hydrogen-bond donors (Lipinski definition) is 1. The van der Waals surface area contributed by atoms with E-state index in [1.165, 1.54) is 11.1 Å². The summed E-state index contributed by atoms with van der Waals surface area (Å²) in [5.41, 5.74) is 5.69. The van der Waals surface area contributed by atoms with Crippen molar-refractivity contribution in [2.75, 3.05) is 6.54 Å². The Bertz CT molecular complexity index is 937. The highest BCUT2D eigenvalue weighted by Gasteiger charge is 2.03. The molecule has 1 aromatic heterocycles. The Kier molecular flexibility index (Phi) is 6.77. The molecule has 0 bridgehead atoms. The number of aromatic nitrogens is 1. The molecule has 3 aromatic rings. The second kappa shape index (κ2) is 9.47. The van der Waals surface area contributed by atoms with Crippen molar-refractivity contribution < 1.29 is 4.79 Å². The average molecular weight is 391 g/mol. The molecule has 3 rings (SSSR count). The number of hydrogen-bond acceptors (Lipinski definition) is 3. The molecule has 3 nitrogen and oxygen atoms in total. The van der Waals surface area contributed by atoms with Crippen molar-refractivity contribution in [1.82, 2.24) is 10.3 Å². The first-order valence-corrected chi connectivity index (χ1v) is 10.5. The molecule has 4 heteroatoms. The Hall–Kier alpha value is -2.72. The topological polar surface area (TPSA) is 42.0 Å². The van der Waals surface area contributed by atoms with Gasteiger partial charge in [0.2, 0.25) is 5.91 Å². The van der Waals surface area contributed by atoms with Gasteiger partial charge in [0.25, 0.3) is 0 Å². The molecule has 1 amide bonds. The summed E-state index contributed by atoms with van der Waals surface area (Å²) in [6, 6.07) is 16.7. The first-order valence-electron chi connectivity index (χ1n) is 9.58. The fourth-order valence-corrected chi connectivity index (χ4v) is 3.51. The maximum absolute atomic E-state index is 12.0. The van der Waals surface area contributed by atoms with Gasteiger partial charge in [-0.05, 0) is 42.0 Å². The number of nitrogens with zero attached hydrogens (tertiary/aromatic N) is 1. The van der Waals surface area contributed by atoms with E-state index < -0.39 is 0 Å². The van der Waals surface area contributed by atoms with Crippen LogP contribution in [0.25, 0.3) is 17.3 Å². The zero-order chi connectivity index (χ0) is 19.9. The number of aryl methyl sites for hydroxylation is 1. The molecule has 1 N–H and O–H groups in total. The zero-order valence-electron chi connectivity index (χ0n) is 16.6. The molecule has 0 atom stereocenters. The van der Waals surface area contributed by atoms with E-state index in [9.17, 15) is 4.79 Å². The fraction of sp³-hybridized carbons (Fsp3) is 0.250. The summed E-state index contributed by atoms with van der Waals surface area (Å²) in [5, 5.41) is 6.10. The van der Waals surface area contributed by atoms with Gasteiger partial charge in [-0.3, -0.25) is 4.79 Å². The molecule has 0 aliphatic heterocycles. The number of rotatable bonds is 7. The third kappa shape index (κ3) is 5.64. The molecule has 0 aliphatic carbocycles. The average Bonchev–Trinajstić information content (AvgIpc) is 3.13. The van der Waals surface area contributed by atoms with E-state index in [4.69, 9.17) is 0 Å². The predicted molar refractivity (Wildman–Crippen MR) is 119 cm³/mol. The van der Waals surface area contributed by atoms with Gasteiger partial charge in [0.05, 0.1) is 10.7 Å². The lowest BCUT2D eigenvalue weighted by molar-refractivity contribution is -0.116. The van der Waals surface area contributed by atoms with Gasteiger partial charge >= 0.3 is 0 Å². The molecule has 0 fully saturated rings. The van der Waals surface area contributed by atoms with Crippen LogP contribution < -0.4 is 5.32 Å². The minimum atomic E-state index is -0.0671. The highest BCUT2D eigenvalue weighted by molar-refractivity contribution is 7.09. The van der Waals surface area contributed by atoms with Crippen LogP contribution in [0, 0.1) is 6.92 Å². The number of nitrogens with one attached hydrogen (secondary N) is 1. The van der Waals surface area contributed by atoms with Crippen molar-refractivity contribution in [3.63, 3.8) is 0 Å². The summed E-state index contributed by atoms with van der Waals surface area (Å²) in [4.78, 5) is 16.5. The van der Waals surface area contributed by atoms with Crippen molar-refractivity contribution in [3.8, 4) is 11.3 Å². The van der Waals surface area contributed by atoms with Gasteiger partial charge in [-0.25, -0.2) is 4.98 Å². The van der Waals surface area contributed by atoms with Gasteiger partial charge in [-0.2, -0.15) is 0 Å². The lowest BCUT2D eigenvalue weighted by Crippen LogP contribution is -2.23. The number of benzene rings is 2. The Morgan fingerprint density at radius 3 is 2.43 bits per heavy atom. The van der Waals surface area contributed by atoms with Gasteiger partial charge < -0.3 is 5.32 Å². The maximum Gasteiger partial charge on any atom is 0.244 e. The van der Waals surface area contributed by atoms with Crippen LogP contribution in [0.15, 0.2) is 60.0 Å². The fourth-order valence-electron chi connectivity index (χ4n) is 2.89. The molecule has 0 saturated heterocycles. The summed E-state index contributed by atoms with van der Waals surface area (Å²) in [5.74, 6) is 0.448. The summed E-state index contributed by atoms with van der Waals surface area (Å²) >= 11 is 1.66. The van der Waals surface area contributed by atoms with Crippen molar-refractivity contribution in [2.45, 2.75) is 33.1 Å². The molecule has 0 saturated carbocycles. The Morgan fingerprint density at radius 2 is 1.82 bits per heavy atom. The number of carbonyl (C=O) groups is 1. The molecule has 1 heterocycles. The van der Waals surface area contributed by atoms with E-state index in [-0.39, 0.29) is 5.91 Å². The van der Waals surface area contributed by atoms with Gasteiger partial charge in [0.15, 0.2) is 0 Å². The van der Waals surface area contributed by atoms with Crippen LogP contribution >= 0.6 is 11.3 Å². The SMILES string of the molecule is Cc1nc(-c2ccc(CCNC(=O)/C=C/c3ccc(C(C)C)cc3)cc2)cs1. The molecule has 0 unspecified atom stereocenters. The van der Waals surface area contributed by atoms with Gasteiger partial charge in [-0.1, -0.05) is 62.4 Å². The first kappa shape index (κ1) is 20.0. The zero-order valence-corrected chi connectivity index (χ0v) is 17.4. The molecule has 28 heavy (non-hydrogen) atoms. The summed E-state index contributed by atoms with van der Waals surface area (Å²) < 4.78 is 0. The monoisotopic (exact) mass is 390 g/mol. The molecular weight excluding hydrogens is 364 g/mol. The third-order valence-electron chi connectivity index (χ3n) is 4.61. The van der Waals surface area contributed by atoms with Gasteiger partial charge in [0, 0.05) is 23.6 Å². The Balaban J connectivity index is 1.46. The van der Waals surface area contributed by atoms with E-state index in [1.807, 2.05) is 25.1 Å². The molecule has 0 spiro atoms. The van der Waals surface area contributed by atoms with Crippen LogP contribution in [-0.4, -0.2) is 17.4 Å². The number of amides is 1. The quantitative estimate of drug-likeness (QED) is 0.533. The second-order valence-corrected chi connectivity index (χ2v) is 8.21. The van der Waals surface area contributed by atoms with E-state index in [0.29, 0.717) is 12.5 Å². The second-order valence-electron chi connectivity index (χ2n) is 7.14. The molecule has 0 aliphatic rings. The lowest BCUT2D eigenvalue weighted by Gasteiger charge is -2.05.